The number of aliphatic hydroxyl groups is 1. The van der Waals surface area contributed by atoms with Crippen LogP contribution in [0.3, 0.4) is 0 Å². The van der Waals surface area contributed by atoms with E-state index in [1.807, 2.05) is 68.4 Å². The molecule has 2 saturated heterocycles. The van der Waals surface area contributed by atoms with Crippen molar-refractivity contribution < 1.29 is 57.8 Å². The summed E-state index contributed by atoms with van der Waals surface area (Å²) in [6.07, 6.45) is 3.76. The van der Waals surface area contributed by atoms with E-state index in [9.17, 15) is 48.3 Å². The number of piperidine rings is 1. The second kappa shape index (κ2) is 34.6. The molecule has 2 heterocycles. The van der Waals surface area contributed by atoms with E-state index in [0.717, 1.165) is 4.90 Å². The minimum Gasteiger partial charge on any atom is -0.390 e. The quantitative estimate of drug-likeness (QED) is 0.147. The lowest BCUT2D eigenvalue weighted by molar-refractivity contribution is -0.157. The van der Waals surface area contributed by atoms with Crippen LogP contribution in [0.1, 0.15) is 169 Å². The number of amides is 11. The van der Waals surface area contributed by atoms with Gasteiger partial charge in [0.05, 0.1) is 6.10 Å². The third kappa shape index (κ3) is 20.5. The van der Waals surface area contributed by atoms with Crippen molar-refractivity contribution in [3.8, 4) is 0 Å². The highest BCUT2D eigenvalue weighted by Crippen LogP contribution is 2.27. The lowest BCUT2D eigenvalue weighted by atomic mass is 9.91. The van der Waals surface area contributed by atoms with Crippen molar-refractivity contribution >= 4 is 65.0 Å². The number of allylic oxidation sites excluding steroid dienone is 2. The number of nitrogens with one attached hydrogen (secondary N) is 4. The van der Waals surface area contributed by atoms with Crippen LogP contribution in [0.4, 0.5) is 0 Å². The van der Waals surface area contributed by atoms with Gasteiger partial charge in [-0.25, -0.2) is 0 Å². The number of nitrogens with zero attached hydrogens (tertiary/aromatic N) is 7. The van der Waals surface area contributed by atoms with Crippen LogP contribution in [-0.4, -0.2) is 226 Å². The van der Waals surface area contributed by atoms with Crippen LogP contribution in [0.25, 0.3) is 0 Å². The van der Waals surface area contributed by atoms with Crippen molar-refractivity contribution in [1.29, 1.82) is 0 Å². The largest absolute Gasteiger partial charge is 0.390 e. The maximum atomic E-state index is 15.2. The average molecular weight is 1230 g/mol. The smallest absolute Gasteiger partial charge is 0.246 e. The highest BCUT2D eigenvalue weighted by molar-refractivity contribution is 6.00. The molecule has 0 aromatic rings. The second-order valence-electron chi connectivity index (χ2n) is 27.0. The minimum atomic E-state index is -1.61. The molecule has 0 aliphatic carbocycles. The molecule has 13 unspecified atom stereocenters. The Morgan fingerprint density at radius 2 is 0.920 bits per heavy atom. The topological polar surface area (TPSA) is 279 Å². The highest BCUT2D eigenvalue weighted by Gasteiger charge is 2.47. The van der Waals surface area contributed by atoms with Crippen LogP contribution in [0, 0.1) is 41.4 Å². The normalized spacial score (nSPS) is 28.0. The summed E-state index contributed by atoms with van der Waals surface area (Å²) in [4.78, 5) is 171. The number of aliphatic hydroxyl groups excluding tert-OH is 1. The van der Waals surface area contributed by atoms with Crippen LogP contribution >= 0.6 is 0 Å². The fraction of sp³-hybridized carbons (Fsp3) is 0.797. The highest BCUT2D eigenvalue weighted by atomic mass is 16.3. The molecule has 23 heteroatoms. The first-order valence-electron chi connectivity index (χ1n) is 31.7. The summed E-state index contributed by atoms with van der Waals surface area (Å²) in [6.45, 7) is 30.3. The van der Waals surface area contributed by atoms with Crippen LogP contribution in [0.15, 0.2) is 12.2 Å². The van der Waals surface area contributed by atoms with Gasteiger partial charge in [-0.2, -0.15) is 0 Å². The van der Waals surface area contributed by atoms with Crippen molar-refractivity contribution in [2.45, 2.75) is 242 Å². The van der Waals surface area contributed by atoms with E-state index in [1.165, 1.54) is 85.5 Å². The molecular weight excluding hydrogens is 1110 g/mol. The van der Waals surface area contributed by atoms with Crippen molar-refractivity contribution in [3.05, 3.63) is 12.2 Å². The molecule has 5 N–H and O–H groups in total. The van der Waals surface area contributed by atoms with Gasteiger partial charge in [-0.3, -0.25) is 52.7 Å². The van der Waals surface area contributed by atoms with Crippen LogP contribution in [0.2, 0.25) is 0 Å². The molecule has 496 valence electrons. The van der Waals surface area contributed by atoms with E-state index < -0.39 is 155 Å². The molecule has 2 fully saturated rings. The van der Waals surface area contributed by atoms with Gasteiger partial charge >= 0.3 is 0 Å². The molecule has 0 aromatic heterocycles. The van der Waals surface area contributed by atoms with Gasteiger partial charge in [0.15, 0.2) is 0 Å². The average Bonchev–Trinajstić information content (AvgIpc) is 1.12. The Morgan fingerprint density at radius 3 is 1.40 bits per heavy atom. The molecule has 0 spiro atoms. The fourth-order valence-corrected chi connectivity index (χ4v) is 11.7. The number of likely N-dealkylation sites (N-methyl/N-ethyl adjacent to an activating group) is 6. The van der Waals surface area contributed by atoms with Gasteiger partial charge in [-0.15, -0.1) is 0 Å². The summed E-state index contributed by atoms with van der Waals surface area (Å²) in [5.74, 6) is -9.38. The lowest BCUT2D eigenvalue weighted by Gasteiger charge is -2.42. The van der Waals surface area contributed by atoms with Crippen molar-refractivity contribution in [2.75, 3.05) is 48.8 Å². The fourth-order valence-electron chi connectivity index (χ4n) is 11.7. The first-order chi connectivity index (χ1) is 40.3. The molecule has 87 heavy (non-hydrogen) atoms. The van der Waals surface area contributed by atoms with Gasteiger partial charge in [-0.1, -0.05) is 109 Å². The van der Waals surface area contributed by atoms with Gasteiger partial charge in [0.1, 0.15) is 66.5 Å². The van der Waals surface area contributed by atoms with Gasteiger partial charge in [0.2, 0.25) is 65.0 Å². The van der Waals surface area contributed by atoms with Crippen LogP contribution in [0.5, 0.6) is 0 Å². The van der Waals surface area contributed by atoms with Gasteiger partial charge in [-0.05, 0) is 114 Å². The molecule has 23 nitrogen and oxygen atoms in total. The van der Waals surface area contributed by atoms with E-state index in [2.05, 4.69) is 21.3 Å². The van der Waals surface area contributed by atoms with Crippen LogP contribution in [-0.2, 0) is 52.7 Å². The van der Waals surface area contributed by atoms with Gasteiger partial charge in [0, 0.05) is 48.8 Å². The summed E-state index contributed by atoms with van der Waals surface area (Å²) in [5.41, 5.74) is 0. The Kier molecular flexibility index (Phi) is 30.6. The Labute approximate surface area is 520 Å². The summed E-state index contributed by atoms with van der Waals surface area (Å²) >= 11 is 0. The summed E-state index contributed by atoms with van der Waals surface area (Å²) < 4.78 is 0. The van der Waals surface area contributed by atoms with Gasteiger partial charge < -0.3 is 60.7 Å². The number of rotatable bonds is 15. The Morgan fingerprint density at radius 1 is 0.471 bits per heavy atom. The van der Waals surface area contributed by atoms with E-state index in [0.29, 0.717) is 12.8 Å². The van der Waals surface area contributed by atoms with Crippen LogP contribution < -0.4 is 21.3 Å². The first-order valence-corrected chi connectivity index (χ1v) is 31.7. The molecular formula is C64H113N11O12. The molecule has 11 amide bonds. The van der Waals surface area contributed by atoms with Crippen molar-refractivity contribution in [3.63, 3.8) is 0 Å². The second-order valence-corrected chi connectivity index (χ2v) is 27.0. The summed E-state index contributed by atoms with van der Waals surface area (Å²) in [5, 5.41) is 23.3. The summed E-state index contributed by atoms with van der Waals surface area (Å²) in [7, 11) is 8.63. The third-order valence-electron chi connectivity index (χ3n) is 17.1. The number of carbonyl (C=O) groups excluding carboxylic acids is 11. The zero-order chi connectivity index (χ0) is 67.0. The SMILES string of the molecule is C/C=C/CC(C)C(O)C1C(=O)NC(CC)C(=O)N(C)C2CCCN(C2=O)C(CC(C)C)C(=O)NC(C(C)C)C(=O)N(C)C(CC(C)C)C(=O)NC(C)C(=O)NC(C)C(=O)N(C)C(CC(C)C)C(=O)N(C)C(CC(C)C)C(=O)N(C)C(C(C)C)C(=O)N1C. The monoisotopic (exact) mass is 1230 g/mol. The molecule has 2 aliphatic rings. The Hall–Kier alpha value is -6.13. The first kappa shape index (κ1) is 77.0. The number of fused-ring (bicyclic) bond motifs is 2. The maximum Gasteiger partial charge on any atom is 0.246 e. The van der Waals surface area contributed by atoms with Crippen molar-refractivity contribution in [1.82, 2.24) is 55.6 Å². The molecule has 0 aromatic carbocycles. The Balaban J connectivity index is 3.01. The molecule has 2 aliphatic heterocycles. The summed E-state index contributed by atoms with van der Waals surface area (Å²) in [6, 6.07) is -13.3. The Bertz CT molecular complexity index is 2410. The maximum absolute atomic E-state index is 15.2. The van der Waals surface area contributed by atoms with E-state index >= 15 is 9.59 Å². The lowest BCUT2D eigenvalue weighted by Crippen LogP contribution is -2.64. The molecule has 0 saturated carbocycles. The van der Waals surface area contributed by atoms with Crippen molar-refractivity contribution in [2.24, 2.45) is 41.4 Å². The van der Waals surface area contributed by atoms with Gasteiger partial charge in [0.25, 0.3) is 0 Å². The number of hydrogen-bond acceptors (Lipinski definition) is 12. The zero-order valence-electron chi connectivity index (χ0n) is 57.1. The van der Waals surface area contributed by atoms with E-state index in [4.69, 9.17) is 0 Å². The zero-order valence-corrected chi connectivity index (χ0v) is 57.1. The molecule has 0 radical (unpaired) electrons. The minimum absolute atomic E-state index is 0.0374. The predicted molar refractivity (Wildman–Crippen MR) is 336 cm³/mol. The number of carbonyl (C=O) groups is 11. The molecule has 13 atom stereocenters. The molecule has 2 rings (SSSR count). The third-order valence-corrected chi connectivity index (χ3v) is 17.1. The standard InChI is InChI=1S/C64H113N11O12/c1-24-26-28-41(15)53(76)52-57(80)67-44(25-2)59(82)69(18)45-29-27-30-75(62(45)85)47(32-36(5)6)56(79)68-50(39(11)12)63(86)70(19)46(31-35(3)4)55(78)65-42(16)54(77)66-43(17)58(81)71(20)48(33-37(7)8)60(83)72(21)49(34-38(9)10)61(84)73(22)51(40(13)14)64(87)74(52)23/h24,26,35-53,76H,25,27-34H2,1-23H3,(H,65,78)(H,66,77)(H,67,80)(H,68,79)/b26-24+. The molecule has 2 bridgehead atoms. The number of hydrogen-bond donors (Lipinski definition) is 5. The van der Waals surface area contributed by atoms with E-state index in [1.54, 1.807) is 47.6 Å². The predicted octanol–water partition coefficient (Wildman–Crippen LogP) is 3.80. The van der Waals surface area contributed by atoms with E-state index in [-0.39, 0.29) is 68.7 Å².